The van der Waals surface area contributed by atoms with Gasteiger partial charge in [-0.25, -0.2) is 18.0 Å². The Morgan fingerprint density at radius 3 is 2.26 bits per heavy atom. The number of hydrogen-bond donors (Lipinski definition) is 4. The van der Waals surface area contributed by atoms with Crippen molar-refractivity contribution >= 4 is 51.3 Å². The van der Waals surface area contributed by atoms with Crippen LogP contribution in [0.1, 0.15) is 67.2 Å². The highest BCUT2D eigenvalue weighted by atomic mass is 32.2. The van der Waals surface area contributed by atoms with Crippen LogP contribution in [0.3, 0.4) is 0 Å². The van der Waals surface area contributed by atoms with Crippen LogP contribution in [0.15, 0.2) is 36.9 Å². The summed E-state index contributed by atoms with van der Waals surface area (Å²) >= 11 is 0. The summed E-state index contributed by atoms with van der Waals surface area (Å²) in [4.78, 5) is 71.5. The van der Waals surface area contributed by atoms with Gasteiger partial charge in [-0.15, -0.1) is 6.58 Å². The molecule has 292 valence electrons. The van der Waals surface area contributed by atoms with Crippen LogP contribution in [0.25, 0.3) is 0 Å². The number of ether oxygens (including phenoxy) is 3. The first-order valence-electron chi connectivity index (χ1n) is 17.9. The van der Waals surface area contributed by atoms with Crippen molar-refractivity contribution in [2.45, 2.75) is 102 Å². The summed E-state index contributed by atoms with van der Waals surface area (Å²) in [7, 11) is -3.93. The molecular weight excluding hydrogens is 708 g/mol. The molecule has 17 heteroatoms. The molecule has 2 aliphatic carbocycles. The minimum Gasteiger partial charge on any atom is -0.444 e. The molecule has 0 spiro atoms. The van der Waals surface area contributed by atoms with Crippen LogP contribution in [0.4, 0.5) is 21.0 Å². The number of benzene rings is 1. The zero-order valence-electron chi connectivity index (χ0n) is 31.2. The molecule has 0 radical (unpaired) electrons. The SMILES string of the molecule is C=CC1CC1(NC(=O)C1CC(OC(=O)Nc2ccccc2N2CCOCC2)CN1C(=O)C(NC(=O)OC(C)(C)C)C(C)(C)C)C(=O)NS(=O)(=O)C1CC1. The molecule has 2 heterocycles. The van der Waals surface area contributed by atoms with E-state index in [1.807, 2.05) is 12.1 Å². The van der Waals surface area contributed by atoms with Gasteiger partial charge in [-0.05, 0) is 57.6 Å². The van der Waals surface area contributed by atoms with Gasteiger partial charge < -0.3 is 34.6 Å². The number of nitrogens with one attached hydrogen (secondary N) is 4. The Bertz CT molecular complexity index is 1710. The van der Waals surface area contributed by atoms with Crippen molar-refractivity contribution in [2.75, 3.05) is 43.1 Å². The number of alkyl carbamates (subject to hydrolysis) is 1. The molecule has 1 aromatic rings. The highest BCUT2D eigenvalue weighted by Gasteiger charge is 2.62. The summed E-state index contributed by atoms with van der Waals surface area (Å²) in [6, 6.07) is 4.80. The molecule has 2 saturated carbocycles. The molecule has 16 nitrogen and oxygen atoms in total. The molecule has 53 heavy (non-hydrogen) atoms. The van der Waals surface area contributed by atoms with E-state index in [1.165, 1.54) is 11.0 Å². The zero-order valence-corrected chi connectivity index (χ0v) is 32.0. The summed E-state index contributed by atoms with van der Waals surface area (Å²) in [6.07, 6.45) is -0.317. The Morgan fingerprint density at radius 1 is 1.02 bits per heavy atom. The van der Waals surface area contributed by atoms with Crippen LogP contribution >= 0.6 is 0 Å². The molecule has 5 amide bonds. The van der Waals surface area contributed by atoms with E-state index in [1.54, 1.807) is 53.7 Å². The van der Waals surface area contributed by atoms with Crippen LogP contribution in [-0.4, -0.2) is 111 Å². The lowest BCUT2D eigenvalue weighted by atomic mass is 9.85. The quantitative estimate of drug-likeness (QED) is 0.242. The van der Waals surface area contributed by atoms with Crippen molar-refractivity contribution in [2.24, 2.45) is 11.3 Å². The average molecular weight is 761 g/mol. The van der Waals surface area contributed by atoms with Gasteiger partial charge in [0.2, 0.25) is 21.8 Å². The van der Waals surface area contributed by atoms with Gasteiger partial charge in [0.15, 0.2) is 0 Å². The number of anilines is 2. The Hall–Kier alpha value is -4.38. The Kier molecular flexibility index (Phi) is 11.4. The third-order valence-corrected chi connectivity index (χ3v) is 11.5. The molecule has 0 bridgehead atoms. The molecule has 5 unspecified atom stereocenters. The molecule has 1 aromatic carbocycles. The number of hydrogen-bond acceptors (Lipinski definition) is 11. The lowest BCUT2D eigenvalue weighted by Gasteiger charge is -2.36. The van der Waals surface area contributed by atoms with Crippen LogP contribution in [0, 0.1) is 11.3 Å². The fourth-order valence-corrected chi connectivity index (χ4v) is 7.95. The molecule has 4 aliphatic rings. The van der Waals surface area contributed by atoms with Gasteiger partial charge in [0.1, 0.15) is 29.3 Å². The smallest absolute Gasteiger partial charge is 0.412 e. The third kappa shape index (κ3) is 9.60. The van der Waals surface area contributed by atoms with E-state index < -0.39 is 85.8 Å². The number of nitrogens with zero attached hydrogens (tertiary/aromatic N) is 2. The predicted octanol–water partition coefficient (Wildman–Crippen LogP) is 2.65. The minimum atomic E-state index is -3.93. The van der Waals surface area contributed by atoms with Gasteiger partial charge in [0.25, 0.3) is 5.91 Å². The number of morpholine rings is 1. The van der Waals surface area contributed by atoms with E-state index in [0.29, 0.717) is 44.8 Å². The van der Waals surface area contributed by atoms with E-state index in [0.717, 1.165) is 5.69 Å². The van der Waals surface area contributed by atoms with Crippen LogP contribution in [0.2, 0.25) is 0 Å². The number of amides is 5. The predicted molar refractivity (Wildman–Crippen MR) is 195 cm³/mol. The summed E-state index contributed by atoms with van der Waals surface area (Å²) in [5.41, 5.74) is -2.04. The number of carbonyl (C=O) groups excluding carboxylic acids is 5. The fraction of sp³-hybridized carbons (Fsp3) is 0.639. The van der Waals surface area contributed by atoms with Gasteiger partial charge in [0.05, 0.1) is 36.4 Å². The fourth-order valence-electron chi connectivity index (χ4n) is 6.58. The molecule has 2 aliphatic heterocycles. The standard InChI is InChI=1S/C36H52N6O10S/c1-8-22-20-36(22,31(45)40-53(48,49)24-13-14-24)39-29(43)27-19-23(21-42(27)30(44)28(34(2,3)4)38-33(47)52-35(5,6)7)51-32(46)37-25-11-9-10-12-26(25)41-15-17-50-18-16-41/h8-12,22-24,27-28H,1,13-21H2,2-7H3,(H,37,46)(H,38,47)(H,39,43)(H,40,45). The number of likely N-dealkylation sites (tertiary alicyclic amines) is 1. The Labute approximate surface area is 310 Å². The molecule has 4 fully saturated rings. The van der Waals surface area contributed by atoms with Gasteiger partial charge in [-0.1, -0.05) is 39.0 Å². The minimum absolute atomic E-state index is 0.102. The molecule has 5 atom stereocenters. The van der Waals surface area contributed by atoms with Crippen molar-refractivity contribution in [1.82, 2.24) is 20.3 Å². The normalized spacial score (nSPS) is 25.1. The summed E-state index contributed by atoms with van der Waals surface area (Å²) in [5, 5.41) is 7.49. The second-order valence-electron chi connectivity index (χ2n) is 16.1. The van der Waals surface area contributed by atoms with Crippen LogP contribution in [-0.2, 0) is 38.6 Å². The van der Waals surface area contributed by atoms with E-state index in [-0.39, 0.29) is 19.4 Å². The summed E-state index contributed by atoms with van der Waals surface area (Å²) < 4.78 is 44.1. The molecule has 5 rings (SSSR count). The molecule has 4 N–H and O–H groups in total. The van der Waals surface area contributed by atoms with Crippen molar-refractivity contribution in [3.63, 3.8) is 0 Å². The average Bonchev–Trinajstić information content (AvgIpc) is 3.99. The summed E-state index contributed by atoms with van der Waals surface area (Å²) in [5.74, 6) is -2.84. The Balaban J connectivity index is 1.38. The maximum atomic E-state index is 14.4. The van der Waals surface area contributed by atoms with Gasteiger partial charge >= 0.3 is 12.2 Å². The first kappa shape index (κ1) is 39.8. The second-order valence-corrected chi connectivity index (χ2v) is 18.1. The zero-order chi connectivity index (χ0) is 38.9. The molecular formula is C36H52N6O10S. The molecule has 2 saturated heterocycles. The maximum Gasteiger partial charge on any atom is 0.412 e. The number of rotatable bonds is 11. The summed E-state index contributed by atoms with van der Waals surface area (Å²) in [6.45, 7) is 16.2. The van der Waals surface area contributed by atoms with E-state index >= 15 is 0 Å². The number of para-hydroxylation sites is 2. The van der Waals surface area contributed by atoms with E-state index in [4.69, 9.17) is 14.2 Å². The molecule has 0 aromatic heterocycles. The highest BCUT2D eigenvalue weighted by Crippen LogP contribution is 2.45. The Morgan fingerprint density at radius 2 is 1.68 bits per heavy atom. The number of carbonyl (C=O) groups is 5. The second kappa shape index (κ2) is 15.2. The largest absolute Gasteiger partial charge is 0.444 e. The topological polar surface area (TPSA) is 202 Å². The van der Waals surface area contributed by atoms with E-state index in [9.17, 15) is 32.4 Å². The van der Waals surface area contributed by atoms with Crippen molar-refractivity contribution < 1.29 is 46.6 Å². The van der Waals surface area contributed by atoms with E-state index in [2.05, 4.69) is 32.2 Å². The highest BCUT2D eigenvalue weighted by molar-refractivity contribution is 7.91. The first-order valence-corrected chi connectivity index (χ1v) is 19.5. The van der Waals surface area contributed by atoms with Crippen LogP contribution in [0.5, 0.6) is 0 Å². The van der Waals surface area contributed by atoms with Crippen LogP contribution < -0.4 is 25.6 Å². The lowest BCUT2D eigenvalue weighted by Crippen LogP contribution is -2.60. The lowest BCUT2D eigenvalue weighted by molar-refractivity contribution is -0.143. The van der Waals surface area contributed by atoms with Gasteiger partial charge in [-0.3, -0.25) is 24.4 Å². The third-order valence-electron chi connectivity index (χ3n) is 9.64. The maximum absolute atomic E-state index is 14.4. The van der Waals surface area contributed by atoms with Gasteiger partial charge in [-0.2, -0.15) is 0 Å². The van der Waals surface area contributed by atoms with Crippen molar-refractivity contribution in [3.8, 4) is 0 Å². The first-order chi connectivity index (χ1) is 24.7. The van der Waals surface area contributed by atoms with Crippen molar-refractivity contribution in [3.05, 3.63) is 36.9 Å². The monoisotopic (exact) mass is 760 g/mol. The van der Waals surface area contributed by atoms with Crippen molar-refractivity contribution in [1.29, 1.82) is 0 Å². The van der Waals surface area contributed by atoms with Gasteiger partial charge in [0, 0.05) is 25.4 Å². The number of sulfonamides is 1.